The third-order valence-electron chi connectivity index (χ3n) is 6.96. The van der Waals surface area contributed by atoms with Gasteiger partial charge in [0.1, 0.15) is 11.8 Å². The summed E-state index contributed by atoms with van der Waals surface area (Å²) in [6, 6.07) is 0. The fraction of sp³-hybridized carbons (Fsp3) is 0.682. The van der Waals surface area contributed by atoms with Gasteiger partial charge in [0.25, 0.3) is 0 Å². The van der Waals surface area contributed by atoms with Crippen molar-refractivity contribution in [2.75, 3.05) is 18.5 Å². The molecule has 0 fully saturated rings. The van der Waals surface area contributed by atoms with Crippen molar-refractivity contribution in [3.63, 3.8) is 0 Å². The molecule has 0 atom stereocenters. The molecule has 2 aromatic heterocycles. The second kappa shape index (κ2) is 8.55. The van der Waals surface area contributed by atoms with E-state index in [1.807, 2.05) is 6.33 Å². The first-order valence-corrected chi connectivity index (χ1v) is 16.7. The van der Waals surface area contributed by atoms with Gasteiger partial charge >= 0.3 is 0 Å². The molecule has 30 heavy (non-hydrogen) atoms. The Morgan fingerprint density at radius 1 is 1.03 bits per heavy atom. The quantitative estimate of drug-likeness (QED) is 0.413. The number of aromatic nitrogens is 4. The summed E-state index contributed by atoms with van der Waals surface area (Å²) in [5.41, 5.74) is 2.98. The molecule has 0 aliphatic carbocycles. The van der Waals surface area contributed by atoms with Gasteiger partial charge in [-0.15, -0.1) is 0 Å². The predicted octanol–water partition coefficient (Wildman–Crippen LogP) is 6.06. The van der Waals surface area contributed by atoms with Gasteiger partial charge in [-0.3, -0.25) is 0 Å². The van der Waals surface area contributed by atoms with Crippen LogP contribution in [0.3, 0.4) is 0 Å². The van der Waals surface area contributed by atoms with E-state index in [0.29, 0.717) is 13.2 Å². The Morgan fingerprint density at radius 2 is 1.67 bits per heavy atom. The van der Waals surface area contributed by atoms with E-state index >= 15 is 0 Å². The third kappa shape index (κ3) is 5.20. The topological polar surface area (TPSA) is 64.9 Å². The molecule has 0 unspecified atom stereocenters. The molecule has 0 saturated carbocycles. The summed E-state index contributed by atoms with van der Waals surface area (Å²) < 4.78 is 8.60. The second-order valence-corrected chi connectivity index (χ2v) is 21.2. The largest absolute Gasteiger partial charge is 0.413 e. The van der Waals surface area contributed by atoms with Gasteiger partial charge in [0.05, 0.1) is 12.9 Å². The van der Waals surface area contributed by atoms with Crippen molar-refractivity contribution in [2.45, 2.75) is 84.7 Å². The lowest BCUT2D eigenvalue weighted by Gasteiger charge is -2.37. The van der Waals surface area contributed by atoms with Gasteiger partial charge in [0.15, 0.2) is 28.0 Å². The molecule has 0 amide bonds. The van der Waals surface area contributed by atoms with Crippen LogP contribution < -0.4 is 5.32 Å². The zero-order valence-corrected chi connectivity index (χ0v) is 22.8. The van der Waals surface area contributed by atoms with E-state index < -0.39 is 16.6 Å². The average Bonchev–Trinajstić information content (AvgIpc) is 3.03. The number of imidazole rings is 1. The normalized spacial score (nSPS) is 14.4. The van der Waals surface area contributed by atoms with Crippen LogP contribution in [0.1, 0.15) is 48.5 Å². The average molecular weight is 448 g/mol. The van der Waals surface area contributed by atoms with E-state index in [9.17, 15) is 0 Å². The Balaban J connectivity index is 2.12. The Hall–Kier alpha value is -1.52. The van der Waals surface area contributed by atoms with Crippen LogP contribution >= 0.6 is 0 Å². The highest BCUT2D eigenvalue weighted by Gasteiger charge is 2.39. The Bertz CT molecular complexity index is 904. The molecule has 0 radical (unpaired) electrons. The summed E-state index contributed by atoms with van der Waals surface area (Å²) in [4.78, 5) is 13.7. The molecule has 0 spiro atoms. The van der Waals surface area contributed by atoms with E-state index in [0.717, 1.165) is 17.0 Å². The first kappa shape index (κ1) is 24.8. The maximum atomic E-state index is 6.31. The Kier molecular flexibility index (Phi) is 7.05. The maximum Gasteiger partial charge on any atom is 0.192 e. The fourth-order valence-electron chi connectivity index (χ4n) is 2.63. The fourth-order valence-corrected chi connectivity index (χ4v) is 5.41. The van der Waals surface area contributed by atoms with Crippen molar-refractivity contribution >= 4 is 33.5 Å². The number of nitrogens with zero attached hydrogens (tertiary/aromatic N) is 4. The van der Waals surface area contributed by atoms with E-state index in [4.69, 9.17) is 4.43 Å². The van der Waals surface area contributed by atoms with Crippen LogP contribution in [0.4, 0.5) is 5.82 Å². The van der Waals surface area contributed by atoms with Crippen LogP contribution in [-0.2, 0) is 4.43 Å². The SMILES string of the molecule is C/C(=C\CNc1ncnc2c1ncn2[Si](C)(C)C(C)(C)C)CO[Si](C)(C)C(C)(C)C. The van der Waals surface area contributed by atoms with Crippen molar-refractivity contribution < 1.29 is 4.43 Å². The van der Waals surface area contributed by atoms with E-state index in [1.165, 1.54) is 5.57 Å². The summed E-state index contributed by atoms with van der Waals surface area (Å²) >= 11 is 0. The zero-order valence-electron chi connectivity index (χ0n) is 20.8. The Morgan fingerprint density at radius 3 is 2.23 bits per heavy atom. The van der Waals surface area contributed by atoms with Crippen molar-refractivity contribution in [1.82, 2.24) is 19.2 Å². The van der Waals surface area contributed by atoms with Gasteiger partial charge in [0.2, 0.25) is 0 Å². The van der Waals surface area contributed by atoms with Crippen molar-refractivity contribution in [3.05, 3.63) is 24.3 Å². The first-order chi connectivity index (χ1) is 13.6. The van der Waals surface area contributed by atoms with Gasteiger partial charge in [-0.05, 0) is 30.1 Å². The number of nitrogens with one attached hydrogen (secondary N) is 1. The molecule has 2 aromatic rings. The van der Waals surface area contributed by atoms with Gasteiger partial charge in [-0.2, -0.15) is 0 Å². The standard InChI is InChI=1S/C22H41N5OSi2/c1-17(14-28-30(10,11)22(5,6)7)12-13-23-19-18-20(25-15-24-19)27(16-26-18)29(8,9)21(2,3)4/h12,15-16H,13-14H2,1-11H3,(H,23,24,25)/b17-12+. The van der Waals surface area contributed by atoms with Crippen LogP contribution in [0.2, 0.25) is 36.3 Å². The highest BCUT2D eigenvalue weighted by molar-refractivity contribution is 6.79. The van der Waals surface area contributed by atoms with Crippen LogP contribution in [0, 0.1) is 0 Å². The summed E-state index contributed by atoms with van der Waals surface area (Å²) in [6.07, 6.45) is 5.75. The smallest absolute Gasteiger partial charge is 0.192 e. The molecule has 0 aromatic carbocycles. The second-order valence-electron chi connectivity index (χ2n) is 11.3. The number of fused-ring (bicyclic) bond motifs is 1. The minimum atomic E-state index is -1.80. The van der Waals surface area contributed by atoms with Crippen molar-refractivity contribution in [2.24, 2.45) is 0 Å². The minimum absolute atomic E-state index is 0.198. The Labute approximate surface area is 184 Å². The van der Waals surface area contributed by atoms with E-state index in [-0.39, 0.29) is 10.1 Å². The van der Waals surface area contributed by atoms with Gasteiger partial charge < -0.3 is 14.0 Å². The van der Waals surface area contributed by atoms with Crippen molar-refractivity contribution in [1.29, 1.82) is 0 Å². The molecule has 0 aliphatic rings. The zero-order chi connectivity index (χ0) is 23.0. The van der Waals surface area contributed by atoms with Gasteiger partial charge in [0, 0.05) is 6.54 Å². The van der Waals surface area contributed by atoms with Gasteiger partial charge in [-0.25, -0.2) is 15.0 Å². The number of hydrogen-bond acceptors (Lipinski definition) is 5. The molecular formula is C22H41N5OSi2. The molecule has 8 heteroatoms. The molecular weight excluding hydrogens is 406 g/mol. The van der Waals surface area contributed by atoms with Crippen LogP contribution in [-0.4, -0.2) is 48.9 Å². The molecule has 0 bridgehead atoms. The van der Waals surface area contributed by atoms with Crippen LogP contribution in [0.15, 0.2) is 24.3 Å². The van der Waals surface area contributed by atoms with Crippen LogP contribution in [0.25, 0.3) is 11.2 Å². The first-order valence-electron chi connectivity index (χ1n) is 10.8. The molecule has 6 nitrogen and oxygen atoms in total. The summed E-state index contributed by atoms with van der Waals surface area (Å²) in [7, 11) is -3.53. The number of anilines is 1. The molecule has 2 heterocycles. The van der Waals surface area contributed by atoms with Crippen molar-refractivity contribution in [3.8, 4) is 0 Å². The van der Waals surface area contributed by atoms with E-state index in [1.54, 1.807) is 6.33 Å². The maximum absolute atomic E-state index is 6.31. The van der Waals surface area contributed by atoms with Crippen LogP contribution in [0.5, 0.6) is 0 Å². The minimum Gasteiger partial charge on any atom is -0.413 e. The lowest BCUT2D eigenvalue weighted by Crippen LogP contribution is -2.45. The molecule has 2 rings (SSSR count). The van der Waals surface area contributed by atoms with E-state index in [2.05, 4.69) is 105 Å². The van der Waals surface area contributed by atoms with Gasteiger partial charge in [-0.1, -0.05) is 66.3 Å². The lowest BCUT2D eigenvalue weighted by atomic mass is 10.2. The molecule has 0 aliphatic heterocycles. The number of hydrogen-bond donors (Lipinski definition) is 1. The highest BCUT2D eigenvalue weighted by atomic mass is 28.4. The number of rotatable bonds is 7. The monoisotopic (exact) mass is 447 g/mol. The molecule has 0 saturated heterocycles. The predicted molar refractivity (Wildman–Crippen MR) is 133 cm³/mol. The summed E-state index contributed by atoms with van der Waals surface area (Å²) in [5, 5.41) is 3.84. The molecule has 1 N–H and O–H groups in total. The molecule has 168 valence electrons. The highest BCUT2D eigenvalue weighted by Crippen LogP contribution is 2.38. The summed E-state index contributed by atoms with van der Waals surface area (Å²) in [5.74, 6) is 0.784. The lowest BCUT2D eigenvalue weighted by molar-refractivity contribution is 0.318. The summed E-state index contributed by atoms with van der Waals surface area (Å²) in [6.45, 7) is 26.5. The third-order valence-corrected chi connectivity index (χ3v) is 16.6.